The van der Waals surface area contributed by atoms with Crippen LogP contribution in [-0.2, 0) is 0 Å². The molecule has 0 amide bonds. The third kappa shape index (κ3) is 5.91. The van der Waals surface area contributed by atoms with Crippen molar-refractivity contribution in [2.24, 2.45) is 0 Å². The molecule has 10 heteroatoms. The maximum atomic E-state index is 3.68. The Morgan fingerprint density at radius 3 is 1.10 bits per heavy atom. The van der Waals surface area contributed by atoms with Crippen molar-refractivity contribution in [1.82, 2.24) is 0 Å². The standard InChI is InChI=1S/H10P10/c1-7(2)10(8(3)4)9(5)6/h1-2H,3-6H2. The van der Waals surface area contributed by atoms with Gasteiger partial charge >= 0.3 is 0 Å². The SMILES string of the molecule is [PH]P([PH])P(P(P)P)P(P)P. The van der Waals surface area contributed by atoms with Gasteiger partial charge in [0.05, 0.1) is 0 Å². The van der Waals surface area contributed by atoms with Gasteiger partial charge in [0.2, 0.25) is 0 Å². The monoisotopic (exact) mass is 320 g/mol. The predicted molar refractivity (Wildman–Crippen MR) is 83.1 cm³/mol. The van der Waals surface area contributed by atoms with Crippen molar-refractivity contribution >= 4 is 81.5 Å². The van der Waals surface area contributed by atoms with Crippen molar-refractivity contribution in [2.45, 2.75) is 0 Å². The lowest BCUT2D eigenvalue weighted by atomic mass is 28.7. The van der Waals surface area contributed by atoms with Crippen LogP contribution in [0.25, 0.3) is 0 Å². The van der Waals surface area contributed by atoms with Crippen LogP contribution in [0.4, 0.5) is 0 Å². The van der Waals surface area contributed by atoms with E-state index < -0.39 is 0 Å². The van der Waals surface area contributed by atoms with Gasteiger partial charge in [-0.05, 0) is 27.9 Å². The van der Waals surface area contributed by atoms with Crippen LogP contribution < -0.4 is 0 Å². The zero-order valence-electron chi connectivity index (χ0n) is 5.10. The van der Waals surface area contributed by atoms with E-state index in [1.165, 1.54) is 0 Å². The Bertz CT molecular complexity index is 61.0. The first-order valence-electron chi connectivity index (χ1n) is 2.08. The average molecular weight is 320 g/mol. The smallest absolute Gasteiger partial charge is 0.00627 e. The van der Waals surface area contributed by atoms with Crippen LogP contribution in [0.1, 0.15) is 0 Å². The van der Waals surface area contributed by atoms with E-state index in [0.29, 0.717) is 0 Å². The summed E-state index contributed by atoms with van der Waals surface area (Å²) in [6.45, 7) is 0.191. The molecular formula is H10P10. The summed E-state index contributed by atoms with van der Waals surface area (Å²) < 4.78 is 0. The normalized spacial score (nSPS) is 12.6. The van der Waals surface area contributed by atoms with E-state index in [1.807, 2.05) is 0 Å². The molecule has 4 unspecified atom stereocenters. The minimum absolute atomic E-state index is 0.0741. The highest BCUT2D eigenvalue weighted by Gasteiger charge is 2.21. The lowest BCUT2D eigenvalue weighted by molar-refractivity contribution is 4.69. The molecule has 0 heterocycles. The van der Waals surface area contributed by atoms with Gasteiger partial charge in [-0.15, -0.1) is 35.7 Å². The van der Waals surface area contributed by atoms with Gasteiger partial charge in [0.15, 0.2) is 0 Å². The highest BCUT2D eigenvalue weighted by Crippen LogP contribution is 3.10. The van der Waals surface area contributed by atoms with Crippen LogP contribution in [0, 0.1) is 0 Å². The molecular weight excluding hydrogens is 310 g/mol. The van der Waals surface area contributed by atoms with Crippen LogP contribution in [0.5, 0.6) is 0 Å². The minimum atomic E-state index is -0.0926. The predicted octanol–water partition coefficient (Wildman–Crippen LogP) is 5.94. The molecule has 0 aromatic heterocycles. The summed E-state index contributed by atoms with van der Waals surface area (Å²) in [7, 11) is 19.0. The maximum absolute atomic E-state index is 3.68. The van der Waals surface area contributed by atoms with Gasteiger partial charge in [-0.25, -0.2) is 0 Å². The fourth-order valence-electron chi connectivity index (χ4n) is 0.326. The van der Waals surface area contributed by atoms with Gasteiger partial charge in [0.1, 0.15) is 0 Å². The summed E-state index contributed by atoms with van der Waals surface area (Å²) in [5, 5.41) is 0. The molecule has 0 aliphatic carbocycles. The Hall–Kier alpha value is 4.30. The van der Waals surface area contributed by atoms with E-state index in [4.69, 9.17) is 0 Å². The van der Waals surface area contributed by atoms with Crippen LogP contribution in [0.3, 0.4) is 0 Å². The number of hydrogen-bond donors (Lipinski definition) is 0. The second-order valence-corrected chi connectivity index (χ2v) is 36.2. The molecule has 0 N–H and O–H groups in total. The molecule has 60 valence electrons. The van der Waals surface area contributed by atoms with E-state index in [1.54, 1.807) is 0 Å². The molecule has 0 aromatic rings. The fourth-order valence-corrected chi connectivity index (χ4v) is 79.2. The summed E-state index contributed by atoms with van der Waals surface area (Å²) >= 11 is 0. The molecule has 0 bridgehead atoms. The highest BCUT2D eigenvalue weighted by atomic mass is 33.2. The average Bonchev–Trinajstić information content (AvgIpc) is 1.59. The highest BCUT2D eigenvalue weighted by molar-refractivity contribution is 9.16. The molecule has 10 heavy (non-hydrogen) atoms. The van der Waals surface area contributed by atoms with Crippen molar-refractivity contribution in [1.29, 1.82) is 0 Å². The summed E-state index contributed by atoms with van der Waals surface area (Å²) in [5.41, 5.74) is 0. The third-order valence-electron chi connectivity index (χ3n) is 0.592. The van der Waals surface area contributed by atoms with Gasteiger partial charge in [-0.2, -0.15) is 0 Å². The van der Waals surface area contributed by atoms with Crippen molar-refractivity contribution in [2.75, 3.05) is 0 Å². The van der Waals surface area contributed by atoms with Crippen molar-refractivity contribution in [3.8, 4) is 0 Å². The molecule has 2 radical (unpaired) electrons. The number of hydrogen-bond acceptors (Lipinski definition) is 0. The fraction of sp³-hybridized carbons (Fsp3) is 0. The third-order valence-corrected chi connectivity index (χ3v) is 48.0. The molecule has 0 aliphatic heterocycles. The zero-order chi connectivity index (χ0) is 8.31. The molecule has 0 fully saturated rings. The maximum Gasteiger partial charge on any atom is -0.00627 e. The van der Waals surface area contributed by atoms with Crippen molar-refractivity contribution in [3.05, 3.63) is 0 Å². The van der Waals surface area contributed by atoms with Gasteiger partial charge in [0, 0.05) is 0 Å². The summed E-state index contributed by atoms with van der Waals surface area (Å²) in [4.78, 5) is 0. The summed E-state index contributed by atoms with van der Waals surface area (Å²) in [6.07, 6.45) is 0. The molecule has 0 rings (SSSR count). The van der Waals surface area contributed by atoms with Crippen LogP contribution in [0.15, 0.2) is 0 Å². The van der Waals surface area contributed by atoms with Gasteiger partial charge in [-0.3, -0.25) is 0 Å². The molecule has 0 spiro atoms. The van der Waals surface area contributed by atoms with Crippen LogP contribution >= 0.6 is 81.5 Å². The largest absolute Gasteiger partial charge is 0.102 e. The minimum Gasteiger partial charge on any atom is -0.102 e. The Morgan fingerprint density at radius 2 is 1.10 bits per heavy atom. The summed E-state index contributed by atoms with van der Waals surface area (Å²) in [6, 6.07) is 0. The molecule has 4 atom stereocenters. The quantitative estimate of drug-likeness (QED) is 0.565. The van der Waals surface area contributed by atoms with E-state index in [-0.39, 0.29) is 27.9 Å². The van der Waals surface area contributed by atoms with E-state index >= 15 is 0 Å². The van der Waals surface area contributed by atoms with Gasteiger partial charge in [0.25, 0.3) is 0 Å². The first kappa shape index (κ1) is 14.3. The van der Waals surface area contributed by atoms with Crippen LogP contribution in [0.2, 0.25) is 0 Å². The van der Waals surface area contributed by atoms with Crippen molar-refractivity contribution in [3.63, 3.8) is 0 Å². The number of rotatable bonds is 3. The van der Waals surface area contributed by atoms with E-state index in [0.717, 1.165) is 0 Å². The molecule has 0 aliphatic rings. The second-order valence-electron chi connectivity index (χ2n) is 1.34. The Labute approximate surface area is 81.4 Å². The zero-order valence-corrected chi connectivity index (χ0v) is 15.3. The second kappa shape index (κ2) is 7.57. The Kier molecular flexibility index (Phi) is 10.8. The molecule has 0 saturated carbocycles. The first-order valence-corrected chi connectivity index (χ1v) is 18.7. The van der Waals surface area contributed by atoms with E-state index in [2.05, 4.69) is 53.6 Å². The van der Waals surface area contributed by atoms with E-state index in [9.17, 15) is 0 Å². The molecule has 0 saturated heterocycles. The lowest BCUT2D eigenvalue weighted by Crippen LogP contribution is -1.37. The van der Waals surface area contributed by atoms with Gasteiger partial charge in [-0.1, -0.05) is 17.9 Å². The lowest BCUT2D eigenvalue weighted by Gasteiger charge is -2.27. The van der Waals surface area contributed by atoms with Gasteiger partial charge < -0.3 is 0 Å². The summed E-state index contributed by atoms with van der Waals surface area (Å²) in [5.74, 6) is 0. The Morgan fingerprint density at radius 1 is 0.800 bits per heavy atom. The molecule has 0 aromatic carbocycles. The Balaban J connectivity index is 3.98. The van der Waals surface area contributed by atoms with Crippen LogP contribution in [-0.4, -0.2) is 0 Å². The van der Waals surface area contributed by atoms with Crippen molar-refractivity contribution < 1.29 is 0 Å². The molecule has 0 nitrogen and oxygen atoms in total. The first-order chi connectivity index (χ1) is 4.46. The topological polar surface area (TPSA) is 0 Å².